The van der Waals surface area contributed by atoms with E-state index in [2.05, 4.69) is 10.3 Å². The molecule has 2 rings (SSSR count). The summed E-state index contributed by atoms with van der Waals surface area (Å²) in [5, 5.41) is 3.33. The van der Waals surface area contributed by atoms with E-state index in [0.717, 1.165) is 11.1 Å². The molecule has 0 aliphatic carbocycles. The average molecular weight is 273 g/mol. The Morgan fingerprint density at radius 3 is 2.79 bits per heavy atom. The number of nitrogens with one attached hydrogen (secondary N) is 1. The zero-order valence-electron chi connectivity index (χ0n) is 10.4. The molecule has 3 nitrogen and oxygen atoms in total. The number of carbonyl (C=O) groups is 1. The Hall–Kier alpha value is -2.13. The van der Waals surface area contributed by atoms with Crippen molar-refractivity contribution in [3.63, 3.8) is 0 Å². The van der Waals surface area contributed by atoms with Crippen LogP contribution in [0, 0.1) is 6.92 Å². The van der Waals surface area contributed by atoms with E-state index in [1.54, 1.807) is 18.3 Å². The van der Waals surface area contributed by atoms with Gasteiger partial charge in [-0.05, 0) is 36.3 Å². The normalized spacial score (nSPS) is 10.6. The highest BCUT2D eigenvalue weighted by atomic mass is 35.5. The minimum Gasteiger partial charge on any atom is -0.307 e. The first kappa shape index (κ1) is 13.3. The lowest BCUT2D eigenvalue weighted by Crippen LogP contribution is -2.10. The summed E-state index contributed by atoms with van der Waals surface area (Å²) >= 11 is 6.00. The zero-order chi connectivity index (χ0) is 13.7. The first-order valence-electron chi connectivity index (χ1n) is 5.82. The molecule has 1 aromatic heterocycles. The number of halogens is 1. The maximum Gasteiger partial charge on any atom is 0.249 e. The van der Waals surface area contributed by atoms with Gasteiger partial charge in [-0.3, -0.25) is 4.79 Å². The molecule has 0 unspecified atom stereocenters. The van der Waals surface area contributed by atoms with Gasteiger partial charge in [-0.25, -0.2) is 4.98 Å². The second-order valence-corrected chi connectivity index (χ2v) is 4.42. The van der Waals surface area contributed by atoms with Crippen molar-refractivity contribution in [2.24, 2.45) is 0 Å². The molecule has 96 valence electrons. The Bertz CT molecular complexity index is 623. The average Bonchev–Trinajstić information content (AvgIpc) is 2.40. The first-order valence-corrected chi connectivity index (χ1v) is 6.20. The third kappa shape index (κ3) is 3.66. The van der Waals surface area contributed by atoms with Gasteiger partial charge in [-0.15, -0.1) is 0 Å². The van der Waals surface area contributed by atoms with Crippen LogP contribution in [0.4, 0.5) is 5.82 Å². The van der Waals surface area contributed by atoms with Crippen LogP contribution in [0.3, 0.4) is 0 Å². The summed E-state index contributed by atoms with van der Waals surface area (Å²) in [5.74, 6) is 0.332. The Balaban J connectivity index is 2.06. The maximum absolute atomic E-state index is 11.8. The van der Waals surface area contributed by atoms with Crippen LogP contribution in [0.1, 0.15) is 11.1 Å². The van der Waals surface area contributed by atoms with Gasteiger partial charge < -0.3 is 5.32 Å². The van der Waals surface area contributed by atoms with Crippen molar-refractivity contribution in [1.82, 2.24) is 4.98 Å². The fourth-order valence-corrected chi connectivity index (χ4v) is 1.75. The Morgan fingerprint density at radius 1 is 1.26 bits per heavy atom. The van der Waals surface area contributed by atoms with E-state index in [0.29, 0.717) is 10.8 Å². The van der Waals surface area contributed by atoms with Gasteiger partial charge in [0.25, 0.3) is 0 Å². The molecule has 0 atom stereocenters. The molecule has 1 aromatic carbocycles. The minimum atomic E-state index is -0.235. The molecule has 1 heterocycles. The molecule has 0 radical (unpaired) electrons. The highest BCUT2D eigenvalue weighted by Gasteiger charge is 2.02. The number of aromatic nitrogens is 1. The van der Waals surface area contributed by atoms with E-state index in [9.17, 15) is 4.79 Å². The quantitative estimate of drug-likeness (QED) is 0.866. The third-order valence-electron chi connectivity index (χ3n) is 2.57. The van der Waals surface area contributed by atoms with E-state index >= 15 is 0 Å². The van der Waals surface area contributed by atoms with Crippen LogP contribution in [0.25, 0.3) is 6.08 Å². The summed E-state index contributed by atoms with van der Waals surface area (Å²) < 4.78 is 0. The van der Waals surface area contributed by atoms with Gasteiger partial charge >= 0.3 is 0 Å². The van der Waals surface area contributed by atoms with Crippen LogP contribution in [-0.2, 0) is 4.79 Å². The molecule has 1 N–H and O–H groups in total. The van der Waals surface area contributed by atoms with Crippen LogP contribution < -0.4 is 5.32 Å². The fraction of sp³-hybridized carbons (Fsp3) is 0.0667. The lowest BCUT2D eigenvalue weighted by Gasteiger charge is -2.04. The number of anilines is 1. The fourth-order valence-electron chi connectivity index (χ4n) is 1.55. The summed E-state index contributed by atoms with van der Waals surface area (Å²) in [5.41, 5.74) is 1.72. The third-order valence-corrected chi connectivity index (χ3v) is 2.91. The number of benzene rings is 1. The number of pyridine rings is 1. The van der Waals surface area contributed by atoms with Gasteiger partial charge in [0.05, 0.1) is 0 Å². The Labute approximate surface area is 116 Å². The van der Waals surface area contributed by atoms with Crippen molar-refractivity contribution < 1.29 is 4.79 Å². The first-order chi connectivity index (χ1) is 9.16. The van der Waals surface area contributed by atoms with Crippen LogP contribution in [0.15, 0.2) is 48.7 Å². The number of amides is 1. The number of carbonyl (C=O) groups excluding carboxylic acids is 1. The molecular weight excluding hydrogens is 260 g/mol. The topological polar surface area (TPSA) is 42.0 Å². The second kappa shape index (κ2) is 6.16. The van der Waals surface area contributed by atoms with Crippen LogP contribution in [-0.4, -0.2) is 10.9 Å². The molecular formula is C15H13ClN2O. The molecule has 0 aliphatic rings. The number of aryl methyl sites for hydroxylation is 1. The Kier molecular flexibility index (Phi) is 4.31. The SMILES string of the molecule is Cc1cccnc1NC(=O)/C=C/c1ccccc1Cl. The van der Waals surface area contributed by atoms with Gasteiger partial charge in [-0.1, -0.05) is 35.9 Å². The van der Waals surface area contributed by atoms with E-state index in [4.69, 9.17) is 11.6 Å². The van der Waals surface area contributed by atoms with E-state index in [1.165, 1.54) is 6.08 Å². The lowest BCUT2D eigenvalue weighted by molar-refractivity contribution is -0.111. The number of hydrogen-bond acceptors (Lipinski definition) is 2. The summed E-state index contributed by atoms with van der Waals surface area (Å²) in [6.45, 7) is 1.89. The van der Waals surface area contributed by atoms with Gasteiger partial charge in [0, 0.05) is 17.3 Å². The Morgan fingerprint density at radius 2 is 2.05 bits per heavy atom. The van der Waals surface area contributed by atoms with Crippen molar-refractivity contribution in [3.05, 3.63) is 64.8 Å². The van der Waals surface area contributed by atoms with Gasteiger partial charge in [0.2, 0.25) is 5.91 Å². The number of nitrogens with zero attached hydrogens (tertiary/aromatic N) is 1. The summed E-state index contributed by atoms with van der Waals surface area (Å²) in [6.07, 6.45) is 4.76. The van der Waals surface area contributed by atoms with E-state index in [1.807, 2.05) is 37.3 Å². The molecule has 19 heavy (non-hydrogen) atoms. The standard InChI is InChI=1S/C15H13ClN2O/c1-11-5-4-10-17-15(11)18-14(19)9-8-12-6-2-3-7-13(12)16/h2-10H,1H3,(H,17,18,19)/b9-8+. The smallest absolute Gasteiger partial charge is 0.249 e. The van der Waals surface area contributed by atoms with Crippen molar-refractivity contribution >= 4 is 29.4 Å². The molecule has 0 saturated heterocycles. The zero-order valence-corrected chi connectivity index (χ0v) is 11.2. The summed E-state index contributed by atoms with van der Waals surface area (Å²) in [6, 6.07) is 11.1. The summed E-state index contributed by atoms with van der Waals surface area (Å²) in [4.78, 5) is 15.9. The molecule has 2 aromatic rings. The minimum absolute atomic E-state index is 0.235. The lowest BCUT2D eigenvalue weighted by atomic mass is 10.2. The largest absolute Gasteiger partial charge is 0.307 e. The number of hydrogen-bond donors (Lipinski definition) is 1. The molecule has 0 saturated carbocycles. The van der Waals surface area contributed by atoms with Crippen LogP contribution >= 0.6 is 11.6 Å². The summed E-state index contributed by atoms with van der Waals surface area (Å²) in [7, 11) is 0. The molecule has 0 aliphatic heterocycles. The van der Waals surface area contributed by atoms with Crippen molar-refractivity contribution in [1.29, 1.82) is 0 Å². The molecule has 0 spiro atoms. The highest BCUT2D eigenvalue weighted by molar-refractivity contribution is 6.32. The van der Waals surface area contributed by atoms with E-state index in [-0.39, 0.29) is 5.91 Å². The number of rotatable bonds is 3. The molecule has 4 heteroatoms. The van der Waals surface area contributed by atoms with Gasteiger partial charge in [0.1, 0.15) is 5.82 Å². The second-order valence-electron chi connectivity index (χ2n) is 4.01. The van der Waals surface area contributed by atoms with Crippen LogP contribution in [0.5, 0.6) is 0 Å². The predicted molar refractivity (Wildman–Crippen MR) is 78.1 cm³/mol. The maximum atomic E-state index is 11.8. The van der Waals surface area contributed by atoms with Crippen molar-refractivity contribution in [3.8, 4) is 0 Å². The highest BCUT2D eigenvalue weighted by Crippen LogP contribution is 2.16. The van der Waals surface area contributed by atoms with E-state index < -0.39 is 0 Å². The van der Waals surface area contributed by atoms with Gasteiger partial charge in [-0.2, -0.15) is 0 Å². The van der Waals surface area contributed by atoms with Crippen molar-refractivity contribution in [2.75, 3.05) is 5.32 Å². The molecule has 0 bridgehead atoms. The molecule has 0 fully saturated rings. The molecule has 1 amide bonds. The predicted octanol–water partition coefficient (Wildman–Crippen LogP) is 3.70. The monoisotopic (exact) mass is 272 g/mol. The van der Waals surface area contributed by atoms with Crippen molar-refractivity contribution in [2.45, 2.75) is 6.92 Å². The van der Waals surface area contributed by atoms with Gasteiger partial charge in [0.15, 0.2) is 0 Å². The van der Waals surface area contributed by atoms with Crippen LogP contribution in [0.2, 0.25) is 5.02 Å².